The SMILES string of the molecule is C=C(/C=C(\C=C/N)c1cnn2c1CCCC2)NC(=O)C1CCC1. The molecule has 1 amide bonds. The minimum atomic E-state index is 0.0746. The van der Waals surface area contributed by atoms with E-state index in [1.807, 2.05) is 18.3 Å². The van der Waals surface area contributed by atoms with Gasteiger partial charge in [0.15, 0.2) is 0 Å². The Bertz CT molecular complexity index is 665. The molecule has 1 saturated carbocycles. The molecule has 0 radical (unpaired) electrons. The predicted octanol–water partition coefficient (Wildman–Crippen LogP) is 2.51. The van der Waals surface area contributed by atoms with Crippen LogP contribution in [0.4, 0.5) is 0 Å². The van der Waals surface area contributed by atoms with Crippen LogP contribution in [0.3, 0.4) is 0 Å². The van der Waals surface area contributed by atoms with E-state index in [2.05, 4.69) is 21.7 Å². The van der Waals surface area contributed by atoms with Crippen LogP contribution in [-0.2, 0) is 17.8 Å². The van der Waals surface area contributed by atoms with Crippen LogP contribution in [0.25, 0.3) is 5.57 Å². The highest BCUT2D eigenvalue weighted by molar-refractivity contribution is 5.83. The summed E-state index contributed by atoms with van der Waals surface area (Å²) in [4.78, 5) is 12.0. The van der Waals surface area contributed by atoms with E-state index in [4.69, 9.17) is 5.73 Å². The summed E-state index contributed by atoms with van der Waals surface area (Å²) in [7, 11) is 0. The van der Waals surface area contributed by atoms with E-state index in [-0.39, 0.29) is 11.8 Å². The van der Waals surface area contributed by atoms with Gasteiger partial charge in [0.2, 0.25) is 5.91 Å². The van der Waals surface area contributed by atoms with E-state index in [1.54, 1.807) is 0 Å². The van der Waals surface area contributed by atoms with Crippen molar-refractivity contribution in [1.82, 2.24) is 15.1 Å². The molecule has 0 spiro atoms. The average molecular weight is 312 g/mol. The minimum absolute atomic E-state index is 0.0746. The topological polar surface area (TPSA) is 72.9 Å². The Morgan fingerprint density at radius 1 is 1.39 bits per heavy atom. The van der Waals surface area contributed by atoms with Gasteiger partial charge < -0.3 is 11.1 Å². The number of amides is 1. The third kappa shape index (κ3) is 3.38. The monoisotopic (exact) mass is 312 g/mol. The molecule has 5 heteroatoms. The van der Waals surface area contributed by atoms with E-state index in [1.165, 1.54) is 24.7 Å². The second-order valence-corrected chi connectivity index (χ2v) is 6.29. The number of hydrogen-bond donors (Lipinski definition) is 2. The molecule has 0 aromatic carbocycles. The molecule has 1 aromatic rings. The van der Waals surface area contributed by atoms with Gasteiger partial charge in [-0.05, 0) is 56.0 Å². The van der Waals surface area contributed by atoms with Crippen LogP contribution in [-0.4, -0.2) is 15.7 Å². The van der Waals surface area contributed by atoms with E-state index >= 15 is 0 Å². The van der Waals surface area contributed by atoms with Crippen LogP contribution in [0.15, 0.2) is 36.8 Å². The van der Waals surface area contributed by atoms with Gasteiger partial charge in [0.1, 0.15) is 0 Å². The van der Waals surface area contributed by atoms with Crippen molar-refractivity contribution in [3.05, 3.63) is 48.1 Å². The van der Waals surface area contributed by atoms with Gasteiger partial charge >= 0.3 is 0 Å². The fourth-order valence-corrected chi connectivity index (χ4v) is 3.14. The van der Waals surface area contributed by atoms with Crippen LogP contribution >= 0.6 is 0 Å². The molecule has 1 aliphatic heterocycles. The Hall–Kier alpha value is -2.30. The first kappa shape index (κ1) is 15.6. The van der Waals surface area contributed by atoms with Gasteiger partial charge in [-0.25, -0.2) is 0 Å². The summed E-state index contributed by atoms with van der Waals surface area (Å²) in [6, 6.07) is 0. The zero-order valence-electron chi connectivity index (χ0n) is 13.4. The second-order valence-electron chi connectivity index (χ2n) is 6.29. The molecule has 5 nitrogen and oxygen atoms in total. The number of allylic oxidation sites excluding steroid dienone is 3. The summed E-state index contributed by atoms with van der Waals surface area (Å²) in [5.41, 5.74) is 9.45. The number of aryl methyl sites for hydroxylation is 1. The predicted molar refractivity (Wildman–Crippen MR) is 91.1 cm³/mol. The number of nitrogens with zero attached hydrogens (tertiary/aromatic N) is 2. The maximum atomic E-state index is 12.0. The molecule has 2 heterocycles. The van der Waals surface area contributed by atoms with E-state index in [9.17, 15) is 4.79 Å². The lowest BCUT2D eigenvalue weighted by molar-refractivity contribution is -0.126. The molecule has 3 N–H and O–H groups in total. The number of fused-ring (bicyclic) bond motifs is 1. The molecule has 1 aromatic heterocycles. The zero-order chi connectivity index (χ0) is 16.2. The normalized spacial score (nSPS) is 18.5. The third-order valence-corrected chi connectivity index (χ3v) is 4.66. The molecule has 2 aliphatic rings. The molecule has 122 valence electrons. The Morgan fingerprint density at radius 3 is 2.91 bits per heavy atom. The van der Waals surface area contributed by atoms with Gasteiger partial charge in [-0.15, -0.1) is 0 Å². The molecule has 23 heavy (non-hydrogen) atoms. The molecule has 0 bridgehead atoms. The molecule has 3 rings (SSSR count). The molecule has 0 unspecified atom stereocenters. The molecular weight excluding hydrogens is 288 g/mol. The first-order valence-corrected chi connectivity index (χ1v) is 8.34. The molecule has 1 aliphatic carbocycles. The molecule has 1 fully saturated rings. The van der Waals surface area contributed by atoms with Crippen molar-refractivity contribution in [2.45, 2.75) is 45.1 Å². The van der Waals surface area contributed by atoms with Gasteiger partial charge in [0.05, 0.1) is 6.20 Å². The van der Waals surface area contributed by atoms with Crippen molar-refractivity contribution >= 4 is 11.5 Å². The second kappa shape index (κ2) is 6.86. The first-order valence-electron chi connectivity index (χ1n) is 8.34. The smallest absolute Gasteiger partial charge is 0.227 e. The van der Waals surface area contributed by atoms with Crippen LogP contribution in [0.2, 0.25) is 0 Å². The quantitative estimate of drug-likeness (QED) is 0.821. The van der Waals surface area contributed by atoms with Crippen molar-refractivity contribution in [2.75, 3.05) is 0 Å². The van der Waals surface area contributed by atoms with Crippen molar-refractivity contribution in [1.29, 1.82) is 0 Å². The Labute approximate surface area is 136 Å². The van der Waals surface area contributed by atoms with Crippen LogP contribution in [0, 0.1) is 5.92 Å². The van der Waals surface area contributed by atoms with Crippen LogP contribution < -0.4 is 11.1 Å². The van der Waals surface area contributed by atoms with Gasteiger partial charge in [0.25, 0.3) is 0 Å². The van der Waals surface area contributed by atoms with Crippen molar-refractivity contribution in [3.63, 3.8) is 0 Å². The third-order valence-electron chi connectivity index (χ3n) is 4.66. The fraction of sp³-hybridized carbons (Fsp3) is 0.444. The Kier molecular flexibility index (Phi) is 4.65. The number of carbonyl (C=O) groups is 1. The number of nitrogens with one attached hydrogen (secondary N) is 1. The van der Waals surface area contributed by atoms with Gasteiger partial charge in [-0.1, -0.05) is 13.0 Å². The maximum Gasteiger partial charge on any atom is 0.227 e. The average Bonchev–Trinajstić information content (AvgIpc) is 2.88. The number of carbonyl (C=O) groups excluding carboxylic acids is 1. The minimum Gasteiger partial charge on any atom is -0.405 e. The summed E-state index contributed by atoms with van der Waals surface area (Å²) < 4.78 is 2.06. The summed E-state index contributed by atoms with van der Waals surface area (Å²) in [6.07, 6.45) is 13.6. The highest BCUT2D eigenvalue weighted by atomic mass is 16.1. The highest BCUT2D eigenvalue weighted by Crippen LogP contribution is 2.28. The standard InChI is InChI=1S/C18H24N4O/c1-13(21-18(23)14-5-4-6-14)11-15(8-9-19)16-12-20-22-10-3-2-7-17(16)22/h8-9,11-12,14H,1-7,10,19H2,(H,21,23)/b9-8-,15-11+. The van der Waals surface area contributed by atoms with Crippen molar-refractivity contribution in [2.24, 2.45) is 11.7 Å². The lowest BCUT2D eigenvalue weighted by Gasteiger charge is -2.24. The lowest BCUT2D eigenvalue weighted by atomic mass is 9.85. The van der Waals surface area contributed by atoms with Gasteiger partial charge in [-0.2, -0.15) is 5.10 Å². The summed E-state index contributed by atoms with van der Waals surface area (Å²) >= 11 is 0. The van der Waals surface area contributed by atoms with Crippen LogP contribution in [0.5, 0.6) is 0 Å². The molecule has 0 saturated heterocycles. The summed E-state index contributed by atoms with van der Waals surface area (Å²) in [6.45, 7) is 4.94. The largest absolute Gasteiger partial charge is 0.405 e. The van der Waals surface area contributed by atoms with Crippen LogP contribution in [0.1, 0.15) is 43.4 Å². The van der Waals surface area contributed by atoms with Crippen molar-refractivity contribution in [3.8, 4) is 0 Å². The lowest BCUT2D eigenvalue weighted by Crippen LogP contribution is -2.33. The maximum absolute atomic E-state index is 12.0. The van der Waals surface area contributed by atoms with Crippen molar-refractivity contribution < 1.29 is 4.79 Å². The van der Waals surface area contributed by atoms with E-state index < -0.39 is 0 Å². The van der Waals surface area contributed by atoms with Gasteiger partial charge in [0, 0.05) is 29.4 Å². The Morgan fingerprint density at radius 2 is 2.22 bits per heavy atom. The number of nitrogens with two attached hydrogens (primary N) is 1. The summed E-state index contributed by atoms with van der Waals surface area (Å²) in [5.74, 6) is 0.225. The highest BCUT2D eigenvalue weighted by Gasteiger charge is 2.25. The van der Waals surface area contributed by atoms with E-state index in [0.717, 1.165) is 43.4 Å². The summed E-state index contributed by atoms with van der Waals surface area (Å²) in [5, 5.41) is 7.36. The zero-order valence-corrected chi connectivity index (χ0v) is 13.4. The number of aromatic nitrogens is 2. The number of hydrogen-bond acceptors (Lipinski definition) is 3. The Balaban J connectivity index is 1.79. The first-order chi connectivity index (χ1) is 11.2. The van der Waals surface area contributed by atoms with E-state index in [0.29, 0.717) is 5.70 Å². The fourth-order valence-electron chi connectivity index (χ4n) is 3.14. The molecule has 0 atom stereocenters. The number of rotatable bonds is 5. The molecular formula is C18H24N4O. The van der Waals surface area contributed by atoms with Gasteiger partial charge in [-0.3, -0.25) is 9.48 Å².